The first-order valence-electron chi connectivity index (χ1n) is 4.52. The second-order valence-electron chi connectivity index (χ2n) is 4.78. The topological polar surface area (TPSA) is 0 Å². The van der Waals surface area contributed by atoms with E-state index < -0.39 is 12.6 Å². The average molecular weight is 213 g/mol. The molecule has 3 aliphatic rings. The fourth-order valence-corrected chi connectivity index (χ4v) is 3.33. The van der Waals surface area contributed by atoms with E-state index in [2.05, 4.69) is 0 Å². The van der Waals surface area contributed by atoms with Crippen molar-refractivity contribution in [2.45, 2.75) is 38.3 Å². The molecule has 2 bridgehead atoms. The lowest BCUT2D eigenvalue weighted by atomic mass is 9.35. The van der Waals surface area contributed by atoms with Gasteiger partial charge in [0.15, 0.2) is 0 Å². The molecule has 0 radical (unpaired) electrons. The Kier molecular flexibility index (Phi) is 1.89. The van der Waals surface area contributed by atoms with Gasteiger partial charge in [-0.2, -0.15) is 13.2 Å². The fourth-order valence-electron chi connectivity index (χ4n) is 3.04. The number of hydrogen-bond acceptors (Lipinski definition) is 0. The Morgan fingerprint density at radius 1 is 1.08 bits per heavy atom. The number of rotatable bonds is 3. The van der Waals surface area contributed by atoms with E-state index in [4.69, 9.17) is 11.6 Å². The molecule has 3 rings (SSSR count). The van der Waals surface area contributed by atoms with Gasteiger partial charge in [0.1, 0.15) is 0 Å². The lowest BCUT2D eigenvalue weighted by Gasteiger charge is -2.71. The molecule has 0 amide bonds. The first-order valence-corrected chi connectivity index (χ1v) is 5.05. The van der Waals surface area contributed by atoms with Crippen molar-refractivity contribution >= 4 is 11.6 Å². The van der Waals surface area contributed by atoms with Crippen LogP contribution < -0.4 is 0 Å². The highest BCUT2D eigenvalue weighted by molar-refractivity contribution is 6.18. The van der Waals surface area contributed by atoms with Gasteiger partial charge in [0.05, 0.1) is 0 Å². The third-order valence-corrected chi connectivity index (χ3v) is 4.04. The van der Waals surface area contributed by atoms with Gasteiger partial charge >= 0.3 is 6.18 Å². The van der Waals surface area contributed by atoms with Crippen LogP contribution >= 0.6 is 11.6 Å². The quantitative estimate of drug-likeness (QED) is 0.626. The first kappa shape index (κ1) is 9.63. The highest BCUT2D eigenvalue weighted by Crippen LogP contribution is 2.75. The van der Waals surface area contributed by atoms with Crippen molar-refractivity contribution in [1.29, 1.82) is 0 Å². The summed E-state index contributed by atoms with van der Waals surface area (Å²) in [6.45, 7) is 0. The van der Waals surface area contributed by atoms with Gasteiger partial charge in [0.2, 0.25) is 0 Å². The number of halogens is 4. The Morgan fingerprint density at radius 3 is 2.00 bits per heavy atom. The van der Waals surface area contributed by atoms with E-state index >= 15 is 0 Å². The smallest absolute Gasteiger partial charge is 0.171 e. The van der Waals surface area contributed by atoms with Crippen molar-refractivity contribution in [3.63, 3.8) is 0 Å². The zero-order valence-corrected chi connectivity index (χ0v) is 8.01. The average Bonchev–Trinajstić information content (AvgIpc) is 1.79. The molecule has 0 heterocycles. The van der Waals surface area contributed by atoms with Gasteiger partial charge in [-0.05, 0) is 36.5 Å². The Labute approximate surface area is 80.4 Å². The molecular weight excluding hydrogens is 201 g/mol. The van der Waals surface area contributed by atoms with Crippen molar-refractivity contribution in [2.75, 3.05) is 5.88 Å². The van der Waals surface area contributed by atoms with E-state index in [0.29, 0.717) is 12.3 Å². The maximum Gasteiger partial charge on any atom is 0.389 e. The Hall–Kier alpha value is 0.0800. The molecule has 3 saturated carbocycles. The lowest BCUT2D eigenvalue weighted by Crippen LogP contribution is -2.62. The van der Waals surface area contributed by atoms with Crippen LogP contribution in [0.25, 0.3) is 0 Å². The molecule has 0 nitrogen and oxygen atoms in total. The Bertz CT molecular complexity index is 202. The summed E-state index contributed by atoms with van der Waals surface area (Å²) < 4.78 is 35.7. The molecule has 0 aliphatic heterocycles. The van der Waals surface area contributed by atoms with Gasteiger partial charge in [-0.3, -0.25) is 0 Å². The lowest BCUT2D eigenvalue weighted by molar-refractivity contribution is -0.214. The van der Waals surface area contributed by atoms with E-state index in [-0.39, 0.29) is 10.8 Å². The summed E-state index contributed by atoms with van der Waals surface area (Å²) in [6, 6.07) is 0. The summed E-state index contributed by atoms with van der Waals surface area (Å²) in [7, 11) is 0. The van der Waals surface area contributed by atoms with Crippen LogP contribution in [-0.4, -0.2) is 12.1 Å². The molecule has 0 saturated heterocycles. The van der Waals surface area contributed by atoms with Crippen molar-refractivity contribution in [1.82, 2.24) is 0 Å². The van der Waals surface area contributed by atoms with Crippen molar-refractivity contribution in [3.05, 3.63) is 0 Å². The summed E-state index contributed by atoms with van der Waals surface area (Å²) >= 11 is 5.71. The van der Waals surface area contributed by atoms with Gasteiger partial charge in [0.25, 0.3) is 0 Å². The largest absolute Gasteiger partial charge is 0.389 e. The molecule has 0 spiro atoms. The van der Waals surface area contributed by atoms with E-state index in [0.717, 1.165) is 19.3 Å². The molecule has 3 fully saturated rings. The monoisotopic (exact) mass is 212 g/mol. The number of hydrogen-bond donors (Lipinski definition) is 0. The molecule has 0 unspecified atom stereocenters. The van der Waals surface area contributed by atoms with Crippen LogP contribution in [-0.2, 0) is 0 Å². The van der Waals surface area contributed by atoms with E-state index in [1.165, 1.54) is 0 Å². The minimum absolute atomic E-state index is 0.0322. The molecule has 0 aromatic carbocycles. The second-order valence-corrected chi connectivity index (χ2v) is 5.05. The maximum absolute atomic E-state index is 11.9. The predicted molar refractivity (Wildman–Crippen MR) is 44.7 cm³/mol. The molecule has 0 N–H and O–H groups in total. The predicted octanol–water partition coefficient (Wildman–Crippen LogP) is 3.74. The zero-order valence-electron chi connectivity index (χ0n) is 7.25. The summed E-state index contributed by atoms with van der Waals surface area (Å²) in [5, 5.41) is 0. The van der Waals surface area contributed by atoms with Gasteiger partial charge < -0.3 is 0 Å². The molecule has 0 atom stereocenters. The van der Waals surface area contributed by atoms with Gasteiger partial charge in [-0.25, -0.2) is 0 Å². The summed E-state index contributed by atoms with van der Waals surface area (Å²) in [5.41, 5.74) is 0.275. The summed E-state index contributed by atoms with van der Waals surface area (Å²) in [4.78, 5) is 0. The molecule has 0 aromatic rings. The SMILES string of the molecule is FC(F)(F)CCC12CC(CCl)(C1)C2. The maximum atomic E-state index is 11.9. The van der Waals surface area contributed by atoms with E-state index in [1.807, 2.05) is 0 Å². The Balaban J connectivity index is 1.76. The second kappa shape index (κ2) is 2.56. The minimum Gasteiger partial charge on any atom is -0.171 e. The molecule has 13 heavy (non-hydrogen) atoms. The van der Waals surface area contributed by atoms with Crippen LogP contribution in [0.15, 0.2) is 0 Å². The summed E-state index contributed by atoms with van der Waals surface area (Å²) in [6.07, 6.45) is -1.50. The molecule has 0 aromatic heterocycles. The molecule has 3 aliphatic carbocycles. The van der Waals surface area contributed by atoms with Crippen molar-refractivity contribution < 1.29 is 13.2 Å². The third kappa shape index (κ3) is 1.56. The summed E-state index contributed by atoms with van der Waals surface area (Å²) in [5.74, 6) is 0.626. The van der Waals surface area contributed by atoms with Gasteiger partial charge in [-0.1, -0.05) is 0 Å². The van der Waals surface area contributed by atoms with Crippen molar-refractivity contribution in [3.8, 4) is 0 Å². The van der Waals surface area contributed by atoms with Crippen LogP contribution in [0.3, 0.4) is 0 Å². The van der Waals surface area contributed by atoms with Crippen molar-refractivity contribution in [2.24, 2.45) is 10.8 Å². The van der Waals surface area contributed by atoms with E-state index in [1.54, 1.807) is 0 Å². The normalized spacial score (nSPS) is 42.5. The van der Waals surface area contributed by atoms with Crippen LogP contribution in [0.4, 0.5) is 13.2 Å². The molecule has 4 heteroatoms. The highest BCUT2D eigenvalue weighted by atomic mass is 35.5. The van der Waals surface area contributed by atoms with Gasteiger partial charge in [-0.15, -0.1) is 11.6 Å². The van der Waals surface area contributed by atoms with Gasteiger partial charge in [0, 0.05) is 12.3 Å². The van der Waals surface area contributed by atoms with E-state index in [9.17, 15) is 13.2 Å². The minimum atomic E-state index is -3.98. The van der Waals surface area contributed by atoms with Crippen LogP contribution in [0.1, 0.15) is 32.1 Å². The van der Waals surface area contributed by atoms with Crippen LogP contribution in [0.5, 0.6) is 0 Å². The standard InChI is InChI=1S/C9H12ClF3/c10-6-8-3-7(4-8,5-8)1-2-9(11,12)13/h1-6H2. The van der Waals surface area contributed by atoms with Crippen LogP contribution in [0, 0.1) is 10.8 Å². The third-order valence-electron chi connectivity index (χ3n) is 3.47. The Morgan fingerprint density at radius 2 is 1.62 bits per heavy atom. The first-order chi connectivity index (χ1) is 5.89. The van der Waals surface area contributed by atoms with Crippen LogP contribution in [0.2, 0.25) is 0 Å². The zero-order chi connectivity index (χ0) is 9.74. The molecule has 76 valence electrons. The number of alkyl halides is 4. The fraction of sp³-hybridized carbons (Fsp3) is 1.00. The molecular formula is C9H12ClF3. The highest BCUT2D eigenvalue weighted by Gasteiger charge is 2.66.